The van der Waals surface area contributed by atoms with Gasteiger partial charge in [-0.15, -0.1) is 10.2 Å². The number of para-hydroxylation sites is 1. The lowest BCUT2D eigenvalue weighted by molar-refractivity contribution is 0.235. The van der Waals surface area contributed by atoms with Gasteiger partial charge in [0.15, 0.2) is 0 Å². The molecule has 4 nitrogen and oxygen atoms in total. The van der Waals surface area contributed by atoms with Crippen molar-refractivity contribution >= 4 is 5.82 Å². The van der Waals surface area contributed by atoms with Gasteiger partial charge in [-0.1, -0.05) is 115 Å². The molecule has 4 rings (SSSR count). The first-order valence-electron chi connectivity index (χ1n) is 14.6. The zero-order valence-corrected chi connectivity index (χ0v) is 21.8. The summed E-state index contributed by atoms with van der Waals surface area (Å²) < 4.78 is 0. The highest BCUT2D eigenvalue weighted by atomic mass is 16.3. The second kappa shape index (κ2) is 13.8. The van der Waals surface area contributed by atoms with Crippen molar-refractivity contribution in [3.05, 3.63) is 35.9 Å². The first-order chi connectivity index (χ1) is 17.2. The van der Waals surface area contributed by atoms with Crippen molar-refractivity contribution in [3.63, 3.8) is 0 Å². The summed E-state index contributed by atoms with van der Waals surface area (Å²) in [6, 6.07) is 9.45. The van der Waals surface area contributed by atoms with Gasteiger partial charge in [0.05, 0.1) is 5.69 Å². The van der Waals surface area contributed by atoms with E-state index in [0.29, 0.717) is 11.7 Å². The van der Waals surface area contributed by atoms with Crippen LogP contribution in [0.15, 0.2) is 30.3 Å². The van der Waals surface area contributed by atoms with Gasteiger partial charge in [0, 0.05) is 11.1 Å². The van der Waals surface area contributed by atoms with Crippen LogP contribution in [0.5, 0.6) is 5.75 Å². The normalized spacial score (nSPS) is 24.3. The molecule has 2 saturated carbocycles. The molecule has 3 N–H and O–H groups in total. The van der Waals surface area contributed by atoms with Crippen molar-refractivity contribution in [3.8, 4) is 17.0 Å². The highest BCUT2D eigenvalue weighted by Gasteiger charge is 2.23. The Morgan fingerprint density at radius 3 is 1.74 bits per heavy atom. The van der Waals surface area contributed by atoms with Crippen LogP contribution < -0.4 is 5.73 Å². The van der Waals surface area contributed by atoms with E-state index in [1.165, 1.54) is 116 Å². The maximum atomic E-state index is 10.3. The Bertz CT molecular complexity index is 889. The number of phenolic OH excluding ortho intramolecular Hbond substituents is 1. The number of nitrogens with zero attached hydrogens (tertiary/aromatic N) is 2. The van der Waals surface area contributed by atoms with Crippen LogP contribution in [0.25, 0.3) is 11.3 Å². The largest absolute Gasteiger partial charge is 0.507 e. The number of hydrogen-bond donors (Lipinski definition) is 2. The lowest BCUT2D eigenvalue weighted by Gasteiger charge is -2.28. The predicted molar refractivity (Wildman–Crippen MR) is 146 cm³/mol. The molecule has 4 heteroatoms. The Labute approximate surface area is 213 Å². The van der Waals surface area contributed by atoms with Crippen LogP contribution in [0.2, 0.25) is 0 Å². The quantitative estimate of drug-likeness (QED) is 0.463. The maximum Gasteiger partial charge on any atom is 0.149 e. The van der Waals surface area contributed by atoms with Crippen molar-refractivity contribution in [2.45, 2.75) is 121 Å². The van der Waals surface area contributed by atoms with E-state index >= 15 is 0 Å². The number of hydrogen-bond acceptors (Lipinski definition) is 4. The number of anilines is 1. The second-order valence-electron chi connectivity index (χ2n) is 11.3. The molecule has 0 radical (unpaired) electrons. The molecule has 2 unspecified atom stereocenters. The molecule has 1 aromatic carbocycles. The lowest BCUT2D eigenvalue weighted by atomic mass is 9.77. The van der Waals surface area contributed by atoms with Crippen LogP contribution in [0.1, 0.15) is 127 Å². The molecular weight excluding hydrogens is 430 g/mol. The van der Waals surface area contributed by atoms with E-state index in [1.54, 1.807) is 6.07 Å². The molecule has 0 amide bonds. The number of nitrogens with two attached hydrogens (primary N) is 1. The van der Waals surface area contributed by atoms with Crippen LogP contribution >= 0.6 is 0 Å². The fraction of sp³-hybridized carbons (Fsp3) is 0.677. The topological polar surface area (TPSA) is 72.0 Å². The van der Waals surface area contributed by atoms with Crippen LogP contribution in [-0.2, 0) is 0 Å². The monoisotopic (exact) mass is 477 g/mol. The summed E-state index contributed by atoms with van der Waals surface area (Å²) in [4.78, 5) is 0. The molecule has 0 spiro atoms. The molecule has 1 heterocycles. The van der Waals surface area contributed by atoms with Crippen LogP contribution in [-0.4, -0.2) is 15.3 Å². The van der Waals surface area contributed by atoms with Gasteiger partial charge in [-0.3, -0.25) is 0 Å². The molecule has 192 valence electrons. The van der Waals surface area contributed by atoms with Gasteiger partial charge in [0.1, 0.15) is 11.6 Å². The number of nitrogen functional groups attached to an aromatic ring is 1. The minimum Gasteiger partial charge on any atom is -0.507 e. The molecule has 2 aromatic rings. The van der Waals surface area contributed by atoms with E-state index in [9.17, 15) is 5.11 Å². The summed E-state index contributed by atoms with van der Waals surface area (Å²) in [7, 11) is 0. The van der Waals surface area contributed by atoms with Crippen LogP contribution in [0, 0.1) is 11.8 Å². The molecule has 2 atom stereocenters. The number of phenols is 1. The molecule has 2 aliphatic rings. The van der Waals surface area contributed by atoms with Crippen molar-refractivity contribution in [2.24, 2.45) is 11.8 Å². The van der Waals surface area contributed by atoms with E-state index in [4.69, 9.17) is 5.73 Å². The van der Waals surface area contributed by atoms with E-state index in [-0.39, 0.29) is 5.75 Å². The third-order valence-electron chi connectivity index (χ3n) is 8.79. The van der Waals surface area contributed by atoms with Crippen LogP contribution in [0.3, 0.4) is 0 Å². The van der Waals surface area contributed by atoms with Gasteiger partial charge in [-0.2, -0.15) is 0 Å². The standard InChI is InChI=1S/C31H47N3O/c32-31-28(23-29(33-34-31)27-21-13-14-22-30(27)35)26-19-10-6-9-17-25(18-11-12-20-26)24-15-7-4-2-1-3-5-8-16-24/h13-14,21-26,35H,1-12,15-20H2,(H2,32,34). The molecule has 35 heavy (non-hydrogen) atoms. The summed E-state index contributed by atoms with van der Waals surface area (Å²) >= 11 is 0. The first-order valence-corrected chi connectivity index (χ1v) is 14.6. The molecule has 2 aliphatic carbocycles. The molecular formula is C31H47N3O. The van der Waals surface area contributed by atoms with Gasteiger partial charge in [-0.25, -0.2) is 0 Å². The van der Waals surface area contributed by atoms with Crippen molar-refractivity contribution < 1.29 is 5.11 Å². The summed E-state index contributed by atoms with van der Waals surface area (Å²) in [5.74, 6) is 3.13. The van der Waals surface area contributed by atoms with Crippen molar-refractivity contribution in [1.29, 1.82) is 0 Å². The Morgan fingerprint density at radius 1 is 0.629 bits per heavy atom. The zero-order valence-electron chi connectivity index (χ0n) is 21.8. The fourth-order valence-corrected chi connectivity index (χ4v) is 6.72. The summed E-state index contributed by atoms with van der Waals surface area (Å²) in [6.07, 6.45) is 24.9. The summed E-state index contributed by atoms with van der Waals surface area (Å²) in [5, 5.41) is 18.9. The number of rotatable bonds is 3. The number of benzene rings is 1. The third-order valence-corrected chi connectivity index (χ3v) is 8.79. The van der Waals surface area contributed by atoms with E-state index in [0.717, 1.165) is 28.7 Å². The Hall–Kier alpha value is -2.10. The average Bonchev–Trinajstić information content (AvgIpc) is 2.93. The van der Waals surface area contributed by atoms with Gasteiger partial charge in [0.25, 0.3) is 0 Å². The second-order valence-corrected chi connectivity index (χ2v) is 11.3. The van der Waals surface area contributed by atoms with Gasteiger partial charge in [0.2, 0.25) is 0 Å². The van der Waals surface area contributed by atoms with Crippen LogP contribution in [0.4, 0.5) is 5.82 Å². The van der Waals surface area contributed by atoms with Crippen molar-refractivity contribution in [2.75, 3.05) is 5.73 Å². The maximum absolute atomic E-state index is 10.3. The lowest BCUT2D eigenvalue weighted by Crippen LogP contribution is -2.16. The first kappa shape index (κ1) is 26.0. The van der Waals surface area contributed by atoms with E-state index < -0.39 is 0 Å². The average molecular weight is 478 g/mol. The zero-order chi connectivity index (χ0) is 24.3. The Morgan fingerprint density at radius 2 is 1.11 bits per heavy atom. The SMILES string of the molecule is Nc1nnc(-c2ccccc2O)cc1C1CCCCCC(C2CCCCCCCCC2)CCCC1. The minimum absolute atomic E-state index is 0.242. The molecule has 2 fully saturated rings. The molecule has 0 bridgehead atoms. The molecule has 1 aromatic heterocycles. The van der Waals surface area contributed by atoms with Gasteiger partial charge < -0.3 is 10.8 Å². The highest BCUT2D eigenvalue weighted by Crippen LogP contribution is 2.38. The smallest absolute Gasteiger partial charge is 0.149 e. The van der Waals surface area contributed by atoms with E-state index in [2.05, 4.69) is 16.3 Å². The van der Waals surface area contributed by atoms with Crippen molar-refractivity contribution in [1.82, 2.24) is 10.2 Å². The molecule has 0 aliphatic heterocycles. The van der Waals surface area contributed by atoms with Gasteiger partial charge >= 0.3 is 0 Å². The van der Waals surface area contributed by atoms with Gasteiger partial charge in [-0.05, 0) is 48.8 Å². The molecule has 0 saturated heterocycles. The summed E-state index contributed by atoms with van der Waals surface area (Å²) in [5.41, 5.74) is 8.94. The highest BCUT2D eigenvalue weighted by molar-refractivity contribution is 5.67. The fourth-order valence-electron chi connectivity index (χ4n) is 6.72. The summed E-state index contributed by atoms with van der Waals surface area (Å²) in [6.45, 7) is 0. The Kier molecular flexibility index (Phi) is 10.3. The minimum atomic E-state index is 0.242. The number of aromatic hydroxyl groups is 1. The third kappa shape index (κ3) is 7.69. The van der Waals surface area contributed by atoms with E-state index in [1.807, 2.05) is 18.2 Å². The number of aromatic nitrogens is 2. The Balaban J connectivity index is 1.41. The predicted octanol–water partition coefficient (Wildman–Crippen LogP) is 8.80.